The van der Waals surface area contributed by atoms with Gasteiger partial charge in [-0.3, -0.25) is 4.79 Å². The molecule has 3 N–H and O–H groups in total. The molecule has 8 rings (SSSR count). The Kier molecular flexibility index (Phi) is 5.36. The number of H-pyrrole nitrogens is 2. The van der Waals surface area contributed by atoms with E-state index in [1.807, 2.05) is 38.1 Å². The smallest absolute Gasteiger partial charge is 0.261 e. The molecule has 0 unspecified atom stereocenters. The van der Waals surface area contributed by atoms with Crippen LogP contribution in [0.1, 0.15) is 38.4 Å². The van der Waals surface area contributed by atoms with E-state index in [-0.39, 0.29) is 23.3 Å². The van der Waals surface area contributed by atoms with Crippen LogP contribution in [0.3, 0.4) is 0 Å². The quantitative estimate of drug-likeness (QED) is 0.308. The topological polar surface area (TPSA) is 94.6 Å². The maximum atomic E-state index is 15.8. The van der Waals surface area contributed by atoms with Crippen LogP contribution >= 0.6 is 0 Å². The molecule has 9 heteroatoms. The Morgan fingerprint density at radius 1 is 1.11 bits per heavy atom. The Hall–Kier alpha value is -3.98. The number of para-hydroxylation sites is 2. The summed E-state index contributed by atoms with van der Waals surface area (Å²) in [6.45, 7) is 7.17. The van der Waals surface area contributed by atoms with Crippen molar-refractivity contribution in [2.45, 2.75) is 38.6 Å². The van der Waals surface area contributed by atoms with Gasteiger partial charge < -0.3 is 24.8 Å². The van der Waals surface area contributed by atoms with Gasteiger partial charge in [0.2, 0.25) is 0 Å². The highest BCUT2D eigenvalue weighted by Crippen LogP contribution is 2.37. The van der Waals surface area contributed by atoms with Gasteiger partial charge >= 0.3 is 0 Å². The van der Waals surface area contributed by atoms with Crippen LogP contribution in [0.5, 0.6) is 0 Å². The van der Waals surface area contributed by atoms with Crippen molar-refractivity contribution in [3.63, 3.8) is 0 Å². The van der Waals surface area contributed by atoms with Gasteiger partial charge in [0.15, 0.2) is 0 Å². The second-order valence-corrected chi connectivity index (χ2v) is 10.9. The van der Waals surface area contributed by atoms with Crippen LogP contribution in [0.4, 0.5) is 10.1 Å². The van der Waals surface area contributed by atoms with E-state index in [1.165, 1.54) is 6.07 Å². The zero-order valence-corrected chi connectivity index (χ0v) is 21.5. The van der Waals surface area contributed by atoms with E-state index in [0.717, 1.165) is 49.3 Å². The highest BCUT2D eigenvalue weighted by molar-refractivity contribution is 6.00. The van der Waals surface area contributed by atoms with Gasteiger partial charge in [-0.2, -0.15) is 0 Å². The molecule has 2 aromatic carbocycles. The highest BCUT2D eigenvalue weighted by Gasteiger charge is 2.35. The largest absolute Gasteiger partial charge is 0.379 e. The Morgan fingerprint density at radius 2 is 1.92 bits per heavy atom. The van der Waals surface area contributed by atoms with Crippen molar-refractivity contribution in [1.82, 2.24) is 29.4 Å². The number of aromatic nitrogens is 5. The first kappa shape index (κ1) is 23.2. The van der Waals surface area contributed by atoms with E-state index in [1.54, 1.807) is 23.0 Å². The second-order valence-electron chi connectivity index (χ2n) is 10.9. The van der Waals surface area contributed by atoms with Crippen molar-refractivity contribution in [3.8, 4) is 17.1 Å². The minimum Gasteiger partial charge on any atom is -0.379 e. The second kappa shape index (κ2) is 8.80. The first-order chi connectivity index (χ1) is 18.5. The summed E-state index contributed by atoms with van der Waals surface area (Å²) in [6.07, 6.45) is 5.67. The Morgan fingerprint density at radius 3 is 2.66 bits per heavy atom. The lowest BCUT2D eigenvalue weighted by molar-refractivity contribution is 0.0976. The molecular weight excluding hydrogens is 481 g/mol. The Balaban J connectivity index is 1.44. The molecule has 0 spiro atoms. The third-order valence-corrected chi connectivity index (χ3v) is 8.14. The molecule has 0 saturated carbocycles. The number of fused-ring (bicyclic) bond motifs is 5. The van der Waals surface area contributed by atoms with Gasteiger partial charge in [0.1, 0.15) is 23.0 Å². The average Bonchev–Trinajstić information content (AvgIpc) is 3.57. The van der Waals surface area contributed by atoms with Crippen molar-refractivity contribution in [1.29, 1.82) is 0 Å². The number of nitrogens with zero attached hydrogens (tertiary/aromatic N) is 4. The molecule has 5 aromatic rings. The molecule has 3 aromatic heterocycles. The van der Waals surface area contributed by atoms with E-state index in [0.29, 0.717) is 39.6 Å². The zero-order valence-electron chi connectivity index (χ0n) is 21.5. The zero-order chi connectivity index (χ0) is 26.0. The number of pyridine rings is 1. The number of hydrogen-bond acceptors (Lipinski definition) is 5. The van der Waals surface area contributed by atoms with E-state index in [4.69, 9.17) is 4.98 Å². The standard InChI is InChI=1S/C29H30FN7O/c1-16(2)28-31-9-12-37(28)24-14-22-18(13-19(24)30)26(32-23-15-36-10-7-17(23)8-11-36)25(29(38)35-22)27-33-20-5-3-4-6-21(20)34-27/h3-6,9,12-14,16-17,23H,7-8,10-11,15H2,1-2H3,(H,33,34)(H2,32,35,38)/t23-/m0/s1. The summed E-state index contributed by atoms with van der Waals surface area (Å²) in [5, 5.41) is 4.34. The molecule has 6 heterocycles. The Bertz CT molecular complexity index is 1690. The van der Waals surface area contributed by atoms with E-state index < -0.39 is 0 Å². The van der Waals surface area contributed by atoms with Crippen LogP contribution in [0.25, 0.3) is 39.0 Å². The van der Waals surface area contributed by atoms with Gasteiger partial charge in [-0.1, -0.05) is 26.0 Å². The lowest BCUT2D eigenvalue weighted by Crippen LogP contribution is -2.53. The van der Waals surface area contributed by atoms with Gasteiger partial charge in [-0.25, -0.2) is 14.4 Å². The molecule has 3 saturated heterocycles. The SMILES string of the molecule is CC(C)c1nccn1-c1cc2[nH]c(=O)c(-c3nc4ccccc4[nH]3)c(N[C@H]3CN4CCC3CC4)c2cc1F. The maximum Gasteiger partial charge on any atom is 0.261 e. The molecule has 194 valence electrons. The van der Waals surface area contributed by atoms with Crippen molar-refractivity contribution >= 4 is 27.6 Å². The summed E-state index contributed by atoms with van der Waals surface area (Å²) in [5.41, 5.74) is 3.31. The molecule has 0 amide bonds. The fourth-order valence-electron chi connectivity index (χ4n) is 6.20. The minimum absolute atomic E-state index is 0.114. The summed E-state index contributed by atoms with van der Waals surface area (Å²) in [6, 6.07) is 11.1. The van der Waals surface area contributed by atoms with E-state index >= 15 is 4.39 Å². The molecule has 0 aliphatic carbocycles. The first-order valence-electron chi connectivity index (χ1n) is 13.3. The lowest BCUT2D eigenvalue weighted by Gasteiger charge is -2.45. The van der Waals surface area contributed by atoms with E-state index in [2.05, 4.69) is 25.2 Å². The number of imidazole rings is 2. The van der Waals surface area contributed by atoms with Gasteiger partial charge in [0, 0.05) is 36.3 Å². The normalized spacial score (nSPS) is 21.1. The fourth-order valence-corrected chi connectivity index (χ4v) is 6.20. The number of nitrogens with one attached hydrogen (secondary N) is 3. The number of benzene rings is 2. The number of anilines is 1. The predicted molar refractivity (Wildman–Crippen MR) is 147 cm³/mol. The maximum absolute atomic E-state index is 15.8. The molecule has 3 aliphatic heterocycles. The predicted octanol–water partition coefficient (Wildman–Crippen LogP) is 5.03. The van der Waals surface area contributed by atoms with Crippen molar-refractivity contribution in [2.24, 2.45) is 5.92 Å². The minimum atomic E-state index is -0.378. The average molecular weight is 512 g/mol. The molecular formula is C29H30FN7O. The van der Waals surface area contributed by atoms with Crippen LogP contribution in [-0.2, 0) is 0 Å². The molecule has 8 nitrogen and oxygen atoms in total. The number of piperidine rings is 3. The summed E-state index contributed by atoms with van der Waals surface area (Å²) in [7, 11) is 0. The molecule has 0 radical (unpaired) electrons. The summed E-state index contributed by atoms with van der Waals surface area (Å²) >= 11 is 0. The van der Waals surface area contributed by atoms with Gasteiger partial charge in [-0.05, 0) is 56.1 Å². The number of rotatable bonds is 5. The molecule has 3 aliphatic rings. The molecule has 38 heavy (non-hydrogen) atoms. The van der Waals surface area contributed by atoms with Crippen LogP contribution in [0.15, 0.2) is 53.6 Å². The summed E-state index contributed by atoms with van der Waals surface area (Å²) in [5.74, 6) is 1.48. The van der Waals surface area contributed by atoms with E-state index in [9.17, 15) is 4.79 Å². The third-order valence-electron chi connectivity index (χ3n) is 8.14. The molecule has 2 bridgehead atoms. The van der Waals surface area contributed by atoms with Gasteiger partial charge in [-0.15, -0.1) is 0 Å². The summed E-state index contributed by atoms with van der Waals surface area (Å²) in [4.78, 5) is 31.7. The molecule has 3 fully saturated rings. The lowest BCUT2D eigenvalue weighted by atomic mass is 9.83. The summed E-state index contributed by atoms with van der Waals surface area (Å²) < 4.78 is 17.6. The van der Waals surface area contributed by atoms with Gasteiger partial charge in [0.25, 0.3) is 5.56 Å². The number of aromatic amines is 2. The number of hydrogen-bond donors (Lipinski definition) is 3. The third kappa shape index (κ3) is 3.72. The van der Waals surface area contributed by atoms with Gasteiger partial charge in [0.05, 0.1) is 27.9 Å². The Labute approximate surface area is 218 Å². The monoisotopic (exact) mass is 511 g/mol. The fraction of sp³-hybridized carbons (Fsp3) is 0.345. The van der Waals surface area contributed by atoms with Crippen molar-refractivity contribution in [2.75, 3.05) is 25.0 Å². The number of halogens is 1. The first-order valence-corrected chi connectivity index (χ1v) is 13.3. The highest BCUT2D eigenvalue weighted by atomic mass is 19.1. The molecule has 1 atom stereocenters. The van der Waals surface area contributed by atoms with Crippen molar-refractivity contribution in [3.05, 3.63) is 70.8 Å². The van der Waals surface area contributed by atoms with Crippen molar-refractivity contribution < 1.29 is 4.39 Å². The van der Waals surface area contributed by atoms with Crippen LogP contribution in [0.2, 0.25) is 0 Å². The van der Waals surface area contributed by atoms with Crippen LogP contribution < -0.4 is 10.9 Å². The van der Waals surface area contributed by atoms with Crippen LogP contribution in [0, 0.1) is 11.7 Å². The van der Waals surface area contributed by atoms with Crippen LogP contribution in [-0.4, -0.2) is 55.1 Å².